The van der Waals surface area contributed by atoms with Crippen molar-refractivity contribution in [1.29, 1.82) is 0 Å². The topological polar surface area (TPSA) is 66.4 Å². The van der Waals surface area contributed by atoms with E-state index in [1.165, 1.54) is 0 Å². The molecule has 2 N–H and O–H groups in total. The Morgan fingerprint density at radius 1 is 1.65 bits per heavy atom. The third kappa shape index (κ3) is 1.59. The molecule has 2 rings (SSSR count). The molecule has 2 aliphatic carbocycles. The molecule has 17 heavy (non-hydrogen) atoms. The number of hydrogen-bond acceptors (Lipinski definition) is 2. The Morgan fingerprint density at radius 2 is 2.35 bits per heavy atom. The van der Waals surface area contributed by atoms with Gasteiger partial charge in [0.1, 0.15) is 0 Å². The van der Waals surface area contributed by atoms with E-state index in [1.54, 1.807) is 13.1 Å². The molecule has 0 aliphatic heterocycles. The van der Waals surface area contributed by atoms with Crippen molar-refractivity contribution in [2.45, 2.75) is 12.8 Å². The van der Waals surface area contributed by atoms with Crippen LogP contribution in [-0.4, -0.2) is 24.0 Å². The monoisotopic (exact) mass is 235 g/mol. The summed E-state index contributed by atoms with van der Waals surface area (Å²) in [5.74, 6) is -2.14. The van der Waals surface area contributed by atoms with Gasteiger partial charge in [-0.15, -0.1) is 6.58 Å². The lowest BCUT2D eigenvalue weighted by molar-refractivity contribution is -0.148. The smallest absolute Gasteiger partial charge is 0.307 e. The van der Waals surface area contributed by atoms with Gasteiger partial charge in [-0.1, -0.05) is 18.2 Å². The van der Waals surface area contributed by atoms with Crippen molar-refractivity contribution < 1.29 is 14.7 Å². The summed E-state index contributed by atoms with van der Waals surface area (Å²) in [6.07, 6.45) is 7.13. The second-order valence-electron chi connectivity index (χ2n) is 4.91. The number of fused-ring (bicyclic) bond motifs is 2. The maximum atomic E-state index is 12.0. The molecule has 2 bridgehead atoms. The van der Waals surface area contributed by atoms with Gasteiger partial charge in [-0.2, -0.15) is 0 Å². The number of nitrogens with one attached hydrogen (secondary N) is 1. The van der Waals surface area contributed by atoms with Crippen molar-refractivity contribution in [3.63, 3.8) is 0 Å². The maximum absolute atomic E-state index is 12.0. The first kappa shape index (κ1) is 11.9. The first-order valence-corrected chi connectivity index (χ1v) is 5.80. The summed E-state index contributed by atoms with van der Waals surface area (Å²) in [5.41, 5.74) is -0.338. The first-order chi connectivity index (χ1) is 8.05. The van der Waals surface area contributed by atoms with Gasteiger partial charge in [0.05, 0.1) is 11.8 Å². The predicted molar refractivity (Wildman–Crippen MR) is 63.2 cm³/mol. The number of allylic oxidation sites excluding steroid dienone is 3. The second-order valence-corrected chi connectivity index (χ2v) is 4.91. The first-order valence-electron chi connectivity index (χ1n) is 5.80. The molecule has 4 atom stereocenters. The summed E-state index contributed by atoms with van der Waals surface area (Å²) < 4.78 is 0. The van der Waals surface area contributed by atoms with Crippen LogP contribution in [0.1, 0.15) is 12.8 Å². The van der Waals surface area contributed by atoms with Gasteiger partial charge in [-0.25, -0.2) is 0 Å². The number of hydrogen-bond donors (Lipinski definition) is 2. The minimum atomic E-state index is -0.876. The molecular weight excluding hydrogens is 218 g/mol. The summed E-state index contributed by atoms with van der Waals surface area (Å²) in [5, 5.41) is 11.9. The quantitative estimate of drug-likeness (QED) is 0.719. The van der Waals surface area contributed by atoms with Gasteiger partial charge in [0.25, 0.3) is 0 Å². The Bertz CT molecular complexity index is 401. The van der Waals surface area contributed by atoms with E-state index < -0.39 is 17.8 Å². The molecule has 0 aromatic carbocycles. The van der Waals surface area contributed by atoms with Gasteiger partial charge in [0.2, 0.25) is 5.91 Å². The zero-order valence-electron chi connectivity index (χ0n) is 9.85. The van der Waals surface area contributed by atoms with E-state index in [0.29, 0.717) is 6.42 Å². The van der Waals surface area contributed by atoms with Crippen LogP contribution < -0.4 is 5.32 Å². The number of carbonyl (C=O) groups is 2. The summed E-state index contributed by atoms with van der Waals surface area (Å²) in [4.78, 5) is 23.3. The van der Waals surface area contributed by atoms with Crippen molar-refractivity contribution in [2.24, 2.45) is 23.2 Å². The maximum Gasteiger partial charge on any atom is 0.307 e. The third-order valence-corrected chi connectivity index (χ3v) is 4.07. The number of rotatable bonds is 4. The Labute approximate surface area is 100 Å². The van der Waals surface area contributed by atoms with Gasteiger partial charge < -0.3 is 10.4 Å². The van der Waals surface area contributed by atoms with E-state index in [4.69, 9.17) is 0 Å². The average molecular weight is 235 g/mol. The standard InChI is InChI=1S/C13H17NO3/c1-3-5-13-6-4-8(7-13)9(12(16)17)10(13)11(15)14-2/h3-4,6,8-10H,1,5,7H2,2H3,(H,14,15)(H,16,17). The summed E-state index contributed by atoms with van der Waals surface area (Å²) in [6.45, 7) is 3.71. The fourth-order valence-electron chi connectivity index (χ4n) is 3.42. The Morgan fingerprint density at radius 3 is 2.88 bits per heavy atom. The van der Waals surface area contributed by atoms with Crippen LogP contribution in [0, 0.1) is 23.2 Å². The fourth-order valence-corrected chi connectivity index (χ4v) is 3.42. The van der Waals surface area contributed by atoms with Crippen LogP contribution in [0.15, 0.2) is 24.8 Å². The largest absolute Gasteiger partial charge is 0.481 e. The molecule has 0 aromatic rings. The van der Waals surface area contributed by atoms with E-state index in [9.17, 15) is 14.7 Å². The van der Waals surface area contributed by atoms with Gasteiger partial charge in [0, 0.05) is 12.5 Å². The van der Waals surface area contributed by atoms with Crippen LogP contribution in [0.5, 0.6) is 0 Å². The van der Waals surface area contributed by atoms with Gasteiger partial charge in [-0.05, 0) is 18.8 Å². The van der Waals surface area contributed by atoms with Gasteiger partial charge in [0.15, 0.2) is 0 Å². The molecule has 4 unspecified atom stereocenters. The predicted octanol–water partition coefficient (Wildman–Crippen LogP) is 1.20. The number of aliphatic carboxylic acids is 1. The normalized spacial score (nSPS) is 38.1. The van der Waals surface area contributed by atoms with Gasteiger partial charge in [-0.3, -0.25) is 9.59 Å². The lowest BCUT2D eigenvalue weighted by atomic mass is 9.71. The molecule has 0 aromatic heterocycles. The van der Waals surface area contributed by atoms with E-state index >= 15 is 0 Å². The SMILES string of the molecule is C=CCC12C=CC(C1)C(C(=O)O)C2C(=O)NC. The summed E-state index contributed by atoms with van der Waals surface area (Å²) in [7, 11) is 1.55. The molecular formula is C13H17NO3. The zero-order valence-corrected chi connectivity index (χ0v) is 9.85. The minimum Gasteiger partial charge on any atom is -0.481 e. The van der Waals surface area contributed by atoms with Crippen molar-refractivity contribution in [3.05, 3.63) is 24.8 Å². The lowest BCUT2D eigenvalue weighted by Gasteiger charge is -2.32. The number of carboxylic acids is 1. The van der Waals surface area contributed by atoms with Crippen LogP contribution in [0.25, 0.3) is 0 Å². The van der Waals surface area contributed by atoms with E-state index in [0.717, 1.165) is 6.42 Å². The fraction of sp³-hybridized carbons (Fsp3) is 0.538. The Balaban J connectivity index is 2.40. The molecule has 1 amide bonds. The molecule has 2 aliphatic rings. The van der Waals surface area contributed by atoms with E-state index in [-0.39, 0.29) is 17.2 Å². The van der Waals surface area contributed by atoms with Crippen molar-refractivity contribution in [1.82, 2.24) is 5.32 Å². The molecule has 92 valence electrons. The van der Waals surface area contributed by atoms with Crippen molar-refractivity contribution in [2.75, 3.05) is 7.05 Å². The van der Waals surface area contributed by atoms with E-state index in [1.807, 2.05) is 12.2 Å². The van der Waals surface area contributed by atoms with Gasteiger partial charge >= 0.3 is 5.97 Å². The number of carboxylic acid groups (broad SMARTS) is 1. The molecule has 0 radical (unpaired) electrons. The molecule has 4 nitrogen and oxygen atoms in total. The Hall–Kier alpha value is -1.58. The summed E-state index contributed by atoms with van der Waals surface area (Å²) in [6, 6.07) is 0. The Kier molecular flexibility index (Phi) is 2.81. The molecule has 1 saturated carbocycles. The van der Waals surface area contributed by atoms with Crippen molar-refractivity contribution >= 4 is 11.9 Å². The lowest BCUT2D eigenvalue weighted by Crippen LogP contribution is -2.43. The van der Waals surface area contributed by atoms with Crippen molar-refractivity contribution in [3.8, 4) is 0 Å². The van der Waals surface area contributed by atoms with Crippen LogP contribution >= 0.6 is 0 Å². The number of amides is 1. The average Bonchev–Trinajstić information content (AvgIpc) is 2.83. The zero-order chi connectivity index (χ0) is 12.6. The molecule has 0 spiro atoms. The van der Waals surface area contributed by atoms with Crippen LogP contribution in [0.4, 0.5) is 0 Å². The highest BCUT2D eigenvalue weighted by Crippen LogP contribution is 2.58. The molecule has 4 heteroatoms. The highest BCUT2D eigenvalue weighted by molar-refractivity contribution is 5.87. The van der Waals surface area contributed by atoms with Crippen LogP contribution in [0.3, 0.4) is 0 Å². The summed E-state index contributed by atoms with van der Waals surface area (Å²) >= 11 is 0. The minimum absolute atomic E-state index is 0.0188. The number of carbonyl (C=O) groups excluding carboxylic acids is 1. The molecule has 1 fully saturated rings. The second kappa shape index (κ2) is 4.02. The molecule has 0 saturated heterocycles. The van der Waals surface area contributed by atoms with Crippen LogP contribution in [-0.2, 0) is 9.59 Å². The highest BCUT2D eigenvalue weighted by Gasteiger charge is 2.59. The molecule has 0 heterocycles. The van der Waals surface area contributed by atoms with Crippen LogP contribution in [0.2, 0.25) is 0 Å². The highest BCUT2D eigenvalue weighted by atomic mass is 16.4. The third-order valence-electron chi connectivity index (χ3n) is 4.07. The van der Waals surface area contributed by atoms with E-state index in [2.05, 4.69) is 11.9 Å².